The van der Waals surface area contributed by atoms with E-state index in [1.54, 1.807) is 0 Å². The van der Waals surface area contributed by atoms with Crippen LogP contribution in [0.1, 0.15) is 24.8 Å². The zero-order valence-electron chi connectivity index (χ0n) is 11.7. The van der Waals surface area contributed by atoms with E-state index in [1.807, 2.05) is 25.1 Å². The number of halogens is 1. The van der Waals surface area contributed by atoms with Crippen LogP contribution in [0.2, 0.25) is 0 Å². The normalized spacial score (nSPS) is 19.9. The monoisotopic (exact) mass is 388 g/mol. The molecule has 1 fully saturated rings. The van der Waals surface area contributed by atoms with Crippen molar-refractivity contribution in [1.29, 1.82) is 0 Å². The predicted octanol–water partition coefficient (Wildman–Crippen LogP) is 2.38. The third-order valence-electron chi connectivity index (χ3n) is 3.77. The summed E-state index contributed by atoms with van der Waals surface area (Å²) in [6, 6.07) is 6.11. The fourth-order valence-corrected chi connectivity index (χ4v) is 3.26. The van der Waals surface area contributed by atoms with E-state index < -0.39 is 0 Å². The van der Waals surface area contributed by atoms with Gasteiger partial charge in [0.15, 0.2) is 0 Å². The molecular weight excluding hydrogens is 367 g/mol. The largest absolute Gasteiger partial charge is 0.395 e. The van der Waals surface area contributed by atoms with Gasteiger partial charge in [0, 0.05) is 15.3 Å². The van der Waals surface area contributed by atoms with Crippen LogP contribution >= 0.6 is 22.6 Å². The molecule has 5 heteroatoms. The Balaban J connectivity index is 1.94. The van der Waals surface area contributed by atoms with Crippen molar-refractivity contribution in [3.05, 3.63) is 27.3 Å². The summed E-state index contributed by atoms with van der Waals surface area (Å²) in [5.41, 5.74) is 1.94. The number of nitrogens with one attached hydrogen (secondary N) is 1. The van der Waals surface area contributed by atoms with E-state index in [0.29, 0.717) is 6.54 Å². The molecule has 2 rings (SSSR count). The lowest BCUT2D eigenvalue weighted by atomic mass is 10.0. The SMILES string of the molecule is Cc1cc(I)ccc1NC(=O)CN1CCCCC1CO. The number of nitrogens with zero attached hydrogens (tertiary/aromatic N) is 1. The Labute approximate surface area is 133 Å². The summed E-state index contributed by atoms with van der Waals surface area (Å²) in [4.78, 5) is 14.2. The first-order valence-corrected chi connectivity index (χ1v) is 8.09. The minimum Gasteiger partial charge on any atom is -0.395 e. The maximum absolute atomic E-state index is 12.1. The number of hydrogen-bond acceptors (Lipinski definition) is 3. The highest BCUT2D eigenvalue weighted by molar-refractivity contribution is 14.1. The van der Waals surface area contributed by atoms with Crippen LogP contribution in [0.3, 0.4) is 0 Å². The Kier molecular flexibility index (Phi) is 5.80. The summed E-state index contributed by atoms with van der Waals surface area (Å²) in [6.45, 7) is 3.38. The first-order valence-electron chi connectivity index (χ1n) is 7.01. The Bertz CT molecular complexity index is 479. The smallest absolute Gasteiger partial charge is 0.238 e. The number of aliphatic hydroxyl groups is 1. The third kappa shape index (κ3) is 4.17. The molecule has 0 aliphatic carbocycles. The fourth-order valence-electron chi connectivity index (χ4n) is 2.62. The average Bonchev–Trinajstić information content (AvgIpc) is 2.42. The molecule has 1 saturated heterocycles. The Hall–Kier alpha value is -0.660. The van der Waals surface area contributed by atoms with Crippen LogP contribution in [0.25, 0.3) is 0 Å². The first-order chi connectivity index (χ1) is 9.60. The highest BCUT2D eigenvalue weighted by atomic mass is 127. The van der Waals surface area contributed by atoms with E-state index >= 15 is 0 Å². The highest BCUT2D eigenvalue weighted by Crippen LogP contribution is 2.19. The molecule has 1 unspecified atom stereocenters. The van der Waals surface area contributed by atoms with Crippen molar-refractivity contribution in [3.8, 4) is 0 Å². The van der Waals surface area contributed by atoms with E-state index in [1.165, 1.54) is 0 Å². The molecule has 0 bridgehead atoms. The Morgan fingerprint density at radius 2 is 2.30 bits per heavy atom. The minimum atomic E-state index is -0.00495. The number of piperidine rings is 1. The van der Waals surface area contributed by atoms with Gasteiger partial charge in [0.25, 0.3) is 0 Å². The van der Waals surface area contributed by atoms with Gasteiger partial charge in [-0.1, -0.05) is 6.42 Å². The van der Waals surface area contributed by atoms with Crippen LogP contribution in [-0.2, 0) is 4.79 Å². The third-order valence-corrected chi connectivity index (χ3v) is 4.44. The van der Waals surface area contributed by atoms with Crippen LogP contribution in [-0.4, -0.2) is 41.7 Å². The second-order valence-corrected chi connectivity index (χ2v) is 6.56. The highest BCUT2D eigenvalue weighted by Gasteiger charge is 2.23. The summed E-state index contributed by atoms with van der Waals surface area (Å²) >= 11 is 2.26. The minimum absolute atomic E-state index is 0.00495. The van der Waals surface area contributed by atoms with Gasteiger partial charge in [-0.2, -0.15) is 0 Å². The molecule has 1 amide bonds. The predicted molar refractivity (Wildman–Crippen MR) is 88.8 cm³/mol. The van der Waals surface area contributed by atoms with E-state index in [4.69, 9.17) is 0 Å². The van der Waals surface area contributed by atoms with E-state index in [2.05, 4.69) is 32.8 Å². The van der Waals surface area contributed by atoms with Gasteiger partial charge in [0.05, 0.1) is 13.2 Å². The van der Waals surface area contributed by atoms with Crippen molar-refractivity contribution in [2.45, 2.75) is 32.2 Å². The van der Waals surface area contributed by atoms with Crippen molar-refractivity contribution in [2.75, 3.05) is 25.0 Å². The van der Waals surface area contributed by atoms with E-state index in [9.17, 15) is 9.90 Å². The lowest BCUT2D eigenvalue weighted by Crippen LogP contribution is -2.45. The van der Waals surface area contributed by atoms with Crippen LogP contribution in [0.5, 0.6) is 0 Å². The summed E-state index contributed by atoms with van der Waals surface area (Å²) < 4.78 is 1.16. The molecule has 1 aliphatic heterocycles. The molecule has 20 heavy (non-hydrogen) atoms. The molecule has 1 atom stereocenters. The maximum atomic E-state index is 12.1. The Morgan fingerprint density at radius 1 is 1.50 bits per heavy atom. The second-order valence-electron chi connectivity index (χ2n) is 5.31. The van der Waals surface area contributed by atoms with Gasteiger partial charge < -0.3 is 10.4 Å². The van der Waals surface area contributed by atoms with Gasteiger partial charge in [-0.05, 0) is 72.7 Å². The zero-order chi connectivity index (χ0) is 14.5. The van der Waals surface area contributed by atoms with Crippen molar-refractivity contribution >= 4 is 34.2 Å². The van der Waals surface area contributed by atoms with Gasteiger partial charge in [-0.15, -0.1) is 0 Å². The molecule has 0 radical (unpaired) electrons. The number of hydrogen-bond donors (Lipinski definition) is 2. The number of aliphatic hydroxyl groups excluding tert-OH is 1. The average molecular weight is 388 g/mol. The van der Waals surface area contributed by atoms with Crippen LogP contribution in [0.4, 0.5) is 5.69 Å². The first kappa shape index (κ1) is 15.7. The topological polar surface area (TPSA) is 52.6 Å². The zero-order valence-corrected chi connectivity index (χ0v) is 13.9. The molecule has 2 N–H and O–H groups in total. The van der Waals surface area contributed by atoms with Crippen molar-refractivity contribution < 1.29 is 9.90 Å². The van der Waals surface area contributed by atoms with Crippen LogP contribution in [0.15, 0.2) is 18.2 Å². The van der Waals surface area contributed by atoms with Gasteiger partial charge >= 0.3 is 0 Å². The number of anilines is 1. The van der Waals surface area contributed by atoms with Gasteiger partial charge in [0.2, 0.25) is 5.91 Å². The van der Waals surface area contributed by atoms with Gasteiger partial charge in [-0.25, -0.2) is 0 Å². The number of rotatable bonds is 4. The van der Waals surface area contributed by atoms with E-state index in [-0.39, 0.29) is 18.6 Å². The molecule has 1 aromatic carbocycles. The van der Waals surface area contributed by atoms with Gasteiger partial charge in [0.1, 0.15) is 0 Å². The number of carbonyl (C=O) groups excluding carboxylic acids is 1. The lowest BCUT2D eigenvalue weighted by molar-refractivity contribution is -0.118. The standard InChI is InChI=1S/C15H21IN2O2/c1-11-8-12(16)5-6-14(11)17-15(20)9-18-7-3-2-4-13(18)10-19/h5-6,8,13,19H,2-4,7,9-10H2,1H3,(H,17,20). The summed E-state index contributed by atoms with van der Waals surface area (Å²) in [5.74, 6) is -0.00495. The number of likely N-dealkylation sites (tertiary alicyclic amines) is 1. The molecule has 4 nitrogen and oxygen atoms in total. The molecule has 0 spiro atoms. The number of carbonyl (C=O) groups is 1. The quantitative estimate of drug-likeness (QED) is 0.779. The summed E-state index contributed by atoms with van der Waals surface area (Å²) in [5, 5.41) is 12.3. The Morgan fingerprint density at radius 3 is 3.00 bits per heavy atom. The summed E-state index contributed by atoms with van der Waals surface area (Å²) in [7, 11) is 0. The van der Waals surface area contributed by atoms with Crippen LogP contribution in [0, 0.1) is 10.5 Å². The number of aryl methyl sites for hydroxylation is 1. The number of amides is 1. The molecule has 1 aliphatic rings. The molecular formula is C15H21IN2O2. The second kappa shape index (κ2) is 7.38. The van der Waals surface area contributed by atoms with Gasteiger partial charge in [-0.3, -0.25) is 9.69 Å². The molecule has 0 saturated carbocycles. The van der Waals surface area contributed by atoms with Crippen molar-refractivity contribution in [1.82, 2.24) is 4.90 Å². The van der Waals surface area contributed by atoms with E-state index in [0.717, 1.165) is 40.6 Å². The number of benzene rings is 1. The maximum Gasteiger partial charge on any atom is 0.238 e. The lowest BCUT2D eigenvalue weighted by Gasteiger charge is -2.33. The molecule has 1 aromatic rings. The molecule has 0 aromatic heterocycles. The summed E-state index contributed by atoms with van der Waals surface area (Å²) in [6.07, 6.45) is 3.22. The van der Waals surface area contributed by atoms with Crippen molar-refractivity contribution in [3.63, 3.8) is 0 Å². The van der Waals surface area contributed by atoms with Crippen molar-refractivity contribution in [2.24, 2.45) is 0 Å². The van der Waals surface area contributed by atoms with Crippen LogP contribution < -0.4 is 5.32 Å². The molecule has 110 valence electrons. The fraction of sp³-hybridized carbons (Fsp3) is 0.533. The molecule has 1 heterocycles.